The molecule has 0 aromatic carbocycles. The second-order valence-electron chi connectivity index (χ2n) is 4.48. The number of aromatic nitrogens is 1. The summed E-state index contributed by atoms with van der Waals surface area (Å²) >= 11 is 0. The molecule has 0 radical (unpaired) electrons. The molecule has 7 heteroatoms. The molecule has 1 fully saturated rings. The maximum absolute atomic E-state index is 13.6. The largest absolute Gasteiger partial charge is 0.360 e. The van der Waals surface area contributed by atoms with E-state index in [4.69, 9.17) is 4.74 Å². The highest BCUT2D eigenvalue weighted by molar-refractivity contribution is 5.80. The van der Waals surface area contributed by atoms with Crippen LogP contribution in [0.1, 0.15) is 25.5 Å². The van der Waals surface area contributed by atoms with Crippen LogP contribution < -0.4 is 0 Å². The third kappa shape index (κ3) is 2.71. The number of aliphatic hydroxyl groups excluding tert-OH is 1. The van der Waals surface area contributed by atoms with E-state index in [-0.39, 0.29) is 18.2 Å². The number of carbonyl (C=O) groups is 1. The van der Waals surface area contributed by atoms with E-state index < -0.39 is 30.1 Å². The van der Waals surface area contributed by atoms with Crippen molar-refractivity contribution in [1.82, 2.24) is 9.88 Å². The Morgan fingerprint density at radius 1 is 1.53 bits per heavy atom. The highest BCUT2D eigenvalue weighted by Gasteiger charge is 2.35. The lowest BCUT2D eigenvalue weighted by Gasteiger charge is -2.37. The molecule has 2 heterocycles. The Bertz CT molecular complexity index is 498. The smallest absolute Gasteiger partial charge is 0.279 e. The summed E-state index contributed by atoms with van der Waals surface area (Å²) in [7, 11) is 0. The van der Waals surface area contributed by atoms with Gasteiger partial charge in [0.25, 0.3) is 5.91 Å². The molecular weight excluding hydrogens is 258 g/mol. The quantitative estimate of drug-likeness (QED) is 0.815. The molecule has 2 rings (SSSR count). The second-order valence-corrected chi connectivity index (χ2v) is 4.48. The van der Waals surface area contributed by atoms with Crippen molar-refractivity contribution in [1.29, 1.82) is 0 Å². The van der Waals surface area contributed by atoms with E-state index in [1.807, 2.05) is 0 Å². The van der Waals surface area contributed by atoms with Gasteiger partial charge in [0, 0.05) is 12.1 Å². The molecule has 1 unspecified atom stereocenters. The van der Waals surface area contributed by atoms with Gasteiger partial charge in [-0.2, -0.15) is 13.8 Å². The van der Waals surface area contributed by atoms with Crippen LogP contribution in [0.3, 0.4) is 0 Å². The van der Waals surface area contributed by atoms with Crippen LogP contribution in [-0.2, 0) is 9.53 Å². The van der Waals surface area contributed by atoms with Gasteiger partial charge in [0.2, 0.25) is 18.2 Å². The van der Waals surface area contributed by atoms with Crippen molar-refractivity contribution >= 4 is 5.91 Å². The minimum Gasteiger partial charge on any atom is -0.360 e. The molecule has 1 aromatic rings. The zero-order chi connectivity index (χ0) is 14.2. The Kier molecular flexibility index (Phi) is 3.77. The van der Waals surface area contributed by atoms with E-state index in [1.165, 1.54) is 11.0 Å². The summed E-state index contributed by atoms with van der Waals surface area (Å²) in [6, 6.07) is 1.60. The van der Waals surface area contributed by atoms with Crippen LogP contribution in [0.2, 0.25) is 0 Å². The first-order valence-corrected chi connectivity index (χ1v) is 5.86. The molecule has 3 atom stereocenters. The number of pyridine rings is 1. The molecule has 0 spiro atoms. The van der Waals surface area contributed by atoms with Gasteiger partial charge >= 0.3 is 0 Å². The standard InChI is InChI=1S/C12H14F2N2O3/c1-6-5-16(11(17)12(18)19-6)7(2)8-3-4-9(13)15-10(8)14/h3-4,6-7,12,18H,5H2,1-2H3/t6-,7?,12-/m0/s1. The number of hydrogen-bond donors (Lipinski definition) is 1. The van der Waals surface area contributed by atoms with Gasteiger partial charge in [0.05, 0.1) is 12.1 Å². The summed E-state index contributed by atoms with van der Waals surface area (Å²) in [5, 5.41) is 9.44. The lowest BCUT2D eigenvalue weighted by molar-refractivity contribution is -0.200. The number of amides is 1. The van der Waals surface area contributed by atoms with Gasteiger partial charge in [0.15, 0.2) is 0 Å². The number of morpholine rings is 1. The minimum absolute atomic E-state index is 0.0936. The second kappa shape index (κ2) is 5.18. The zero-order valence-corrected chi connectivity index (χ0v) is 10.5. The van der Waals surface area contributed by atoms with E-state index in [0.29, 0.717) is 0 Å². The molecule has 1 amide bonds. The van der Waals surface area contributed by atoms with Gasteiger partial charge in [-0.25, -0.2) is 0 Å². The van der Waals surface area contributed by atoms with Crippen molar-refractivity contribution in [2.24, 2.45) is 0 Å². The predicted octanol–water partition coefficient (Wildman–Crippen LogP) is 0.986. The molecule has 1 aliphatic rings. The Hall–Kier alpha value is -1.60. The summed E-state index contributed by atoms with van der Waals surface area (Å²) < 4.78 is 31.3. The number of rotatable bonds is 2. The molecule has 0 aliphatic carbocycles. The first-order valence-electron chi connectivity index (χ1n) is 5.86. The highest BCUT2D eigenvalue weighted by Crippen LogP contribution is 2.26. The molecule has 0 saturated carbocycles. The monoisotopic (exact) mass is 272 g/mol. The van der Waals surface area contributed by atoms with E-state index in [9.17, 15) is 18.7 Å². The fourth-order valence-electron chi connectivity index (χ4n) is 2.08. The van der Waals surface area contributed by atoms with E-state index >= 15 is 0 Å². The highest BCUT2D eigenvalue weighted by atomic mass is 19.1. The average Bonchev–Trinajstić information content (AvgIpc) is 2.33. The number of nitrogens with zero attached hydrogens (tertiary/aromatic N) is 2. The average molecular weight is 272 g/mol. The van der Waals surface area contributed by atoms with Crippen LogP contribution in [0.25, 0.3) is 0 Å². The number of carbonyl (C=O) groups excluding carboxylic acids is 1. The van der Waals surface area contributed by atoms with Crippen molar-refractivity contribution < 1.29 is 23.4 Å². The molecule has 1 aromatic heterocycles. The number of ether oxygens (including phenoxy) is 1. The van der Waals surface area contributed by atoms with E-state index in [0.717, 1.165) is 6.07 Å². The number of halogens is 2. The van der Waals surface area contributed by atoms with Gasteiger partial charge < -0.3 is 14.7 Å². The molecule has 5 nitrogen and oxygen atoms in total. The summed E-state index contributed by atoms with van der Waals surface area (Å²) in [6.07, 6.45) is -1.92. The summed E-state index contributed by atoms with van der Waals surface area (Å²) in [6.45, 7) is 3.49. The molecular formula is C12H14F2N2O3. The van der Waals surface area contributed by atoms with Crippen LogP contribution in [0.5, 0.6) is 0 Å². The van der Waals surface area contributed by atoms with Gasteiger partial charge in [-0.15, -0.1) is 0 Å². The van der Waals surface area contributed by atoms with Gasteiger partial charge in [0.1, 0.15) is 0 Å². The Morgan fingerprint density at radius 3 is 2.84 bits per heavy atom. The Labute approximate surface area is 108 Å². The van der Waals surface area contributed by atoms with Gasteiger partial charge in [-0.05, 0) is 26.0 Å². The van der Waals surface area contributed by atoms with Crippen LogP contribution in [-0.4, -0.2) is 39.8 Å². The lowest BCUT2D eigenvalue weighted by Crippen LogP contribution is -2.51. The first-order chi connectivity index (χ1) is 8.90. The maximum atomic E-state index is 13.6. The normalized spacial score (nSPS) is 25.5. The summed E-state index contributed by atoms with van der Waals surface area (Å²) in [5.41, 5.74) is 0.0936. The van der Waals surface area contributed by atoms with Gasteiger partial charge in [-0.1, -0.05) is 0 Å². The summed E-state index contributed by atoms with van der Waals surface area (Å²) in [4.78, 5) is 16.2. The van der Waals surface area contributed by atoms with Crippen LogP contribution in [0, 0.1) is 11.9 Å². The van der Waals surface area contributed by atoms with Crippen molar-refractivity contribution in [3.8, 4) is 0 Å². The van der Waals surface area contributed by atoms with E-state index in [2.05, 4.69) is 4.98 Å². The van der Waals surface area contributed by atoms with Crippen molar-refractivity contribution in [2.45, 2.75) is 32.3 Å². The fraction of sp³-hybridized carbons (Fsp3) is 0.500. The molecule has 1 aliphatic heterocycles. The van der Waals surface area contributed by atoms with Crippen LogP contribution in [0.4, 0.5) is 8.78 Å². The number of hydrogen-bond acceptors (Lipinski definition) is 4. The SMILES string of the molecule is CC(c1ccc(F)nc1F)N1C[C@H](C)O[C@H](O)C1=O. The third-order valence-corrected chi connectivity index (χ3v) is 3.07. The first kappa shape index (κ1) is 13.8. The molecule has 19 heavy (non-hydrogen) atoms. The van der Waals surface area contributed by atoms with Crippen molar-refractivity contribution in [3.05, 3.63) is 29.6 Å². The number of aliphatic hydroxyl groups is 1. The Morgan fingerprint density at radius 2 is 2.21 bits per heavy atom. The molecule has 1 saturated heterocycles. The maximum Gasteiger partial charge on any atom is 0.279 e. The van der Waals surface area contributed by atoms with Crippen molar-refractivity contribution in [2.75, 3.05) is 6.54 Å². The lowest BCUT2D eigenvalue weighted by atomic mass is 10.1. The summed E-state index contributed by atoms with van der Waals surface area (Å²) in [5.74, 6) is -2.53. The Balaban J connectivity index is 2.27. The fourth-order valence-corrected chi connectivity index (χ4v) is 2.08. The van der Waals surface area contributed by atoms with Crippen LogP contribution in [0.15, 0.2) is 12.1 Å². The molecule has 1 N–H and O–H groups in total. The third-order valence-electron chi connectivity index (χ3n) is 3.07. The predicted molar refractivity (Wildman–Crippen MR) is 60.8 cm³/mol. The van der Waals surface area contributed by atoms with Crippen molar-refractivity contribution in [3.63, 3.8) is 0 Å². The molecule has 104 valence electrons. The van der Waals surface area contributed by atoms with Gasteiger partial charge in [-0.3, -0.25) is 4.79 Å². The topological polar surface area (TPSA) is 62.7 Å². The minimum atomic E-state index is -1.55. The zero-order valence-electron chi connectivity index (χ0n) is 10.5. The molecule has 0 bridgehead atoms. The van der Waals surface area contributed by atoms with E-state index in [1.54, 1.807) is 13.8 Å². The van der Waals surface area contributed by atoms with Crippen LogP contribution >= 0.6 is 0 Å².